The van der Waals surface area contributed by atoms with Gasteiger partial charge in [-0.2, -0.15) is 5.26 Å². The molecule has 0 bridgehead atoms. The molecule has 0 radical (unpaired) electrons. The van der Waals surface area contributed by atoms with Gasteiger partial charge in [0.15, 0.2) is 0 Å². The average molecular weight is 325 g/mol. The minimum Gasteiger partial charge on any atom is -0.423 e. The van der Waals surface area contributed by atoms with Crippen LogP contribution in [0.25, 0.3) is 11.1 Å². The number of hydrogen-bond donors (Lipinski definition) is 0. The van der Waals surface area contributed by atoms with E-state index in [9.17, 15) is 4.79 Å². The Morgan fingerprint density at radius 1 is 1.26 bits per heavy atom. The first-order valence-corrected chi connectivity index (χ1v) is 8.59. The Labute approximate surface area is 140 Å². The van der Waals surface area contributed by atoms with Crippen LogP contribution in [0.1, 0.15) is 37.5 Å². The van der Waals surface area contributed by atoms with Crippen molar-refractivity contribution in [2.75, 3.05) is 0 Å². The summed E-state index contributed by atoms with van der Waals surface area (Å²) in [6, 6.07) is 11.3. The Morgan fingerprint density at radius 3 is 2.74 bits per heavy atom. The van der Waals surface area contributed by atoms with E-state index in [2.05, 4.69) is 13.0 Å². The molecule has 0 spiro atoms. The van der Waals surface area contributed by atoms with Crippen LogP contribution in [0, 0.1) is 11.3 Å². The largest absolute Gasteiger partial charge is 0.423 e. The molecule has 0 aliphatic rings. The van der Waals surface area contributed by atoms with Gasteiger partial charge in [-0.25, -0.2) is 4.79 Å². The van der Waals surface area contributed by atoms with Crippen molar-refractivity contribution in [3.63, 3.8) is 0 Å². The van der Waals surface area contributed by atoms with E-state index in [1.807, 2.05) is 29.7 Å². The molecule has 3 nitrogen and oxygen atoms in total. The lowest BCUT2D eigenvalue weighted by Gasteiger charge is -2.03. The number of rotatable bonds is 7. The van der Waals surface area contributed by atoms with Crippen molar-refractivity contribution in [3.05, 3.63) is 52.7 Å². The van der Waals surface area contributed by atoms with Crippen LogP contribution in [0.15, 0.2) is 47.9 Å². The molecule has 1 heterocycles. The fraction of sp³-hybridized carbons (Fsp3) is 0.263. The summed E-state index contributed by atoms with van der Waals surface area (Å²) < 4.78 is 5.26. The monoisotopic (exact) mass is 325 g/mol. The molecule has 0 saturated heterocycles. The van der Waals surface area contributed by atoms with Gasteiger partial charge in [0, 0.05) is 11.6 Å². The highest BCUT2D eigenvalue weighted by atomic mass is 32.1. The Kier molecular flexibility index (Phi) is 6.58. The number of unbranched alkanes of at least 4 members (excludes halogenated alkanes) is 3. The average Bonchev–Trinajstić information content (AvgIpc) is 3.04. The minimum absolute atomic E-state index is 0.359. The van der Waals surface area contributed by atoms with Gasteiger partial charge in [-0.1, -0.05) is 38.0 Å². The summed E-state index contributed by atoms with van der Waals surface area (Å²) in [5.74, 6) is 0.146. The Morgan fingerprint density at radius 2 is 2.04 bits per heavy atom. The fourth-order valence-corrected chi connectivity index (χ4v) is 2.87. The third-order valence-corrected chi connectivity index (χ3v) is 4.20. The number of nitrogens with zero attached hydrogens (tertiary/aromatic N) is 1. The number of carbonyl (C=O) groups excluding carboxylic acids is 1. The number of thiophene rings is 1. The summed E-state index contributed by atoms with van der Waals surface area (Å²) in [5, 5.41) is 11.0. The number of hydrogen-bond acceptors (Lipinski definition) is 4. The van der Waals surface area contributed by atoms with Gasteiger partial charge in [-0.15, -0.1) is 11.3 Å². The van der Waals surface area contributed by atoms with E-state index in [1.54, 1.807) is 12.1 Å². The molecule has 0 N–H and O–H groups in total. The maximum atomic E-state index is 11.7. The number of nitriles is 1. The molecule has 0 saturated carbocycles. The van der Waals surface area contributed by atoms with Crippen LogP contribution >= 0.6 is 11.3 Å². The van der Waals surface area contributed by atoms with Crippen molar-refractivity contribution in [1.82, 2.24) is 0 Å². The van der Waals surface area contributed by atoms with Gasteiger partial charge < -0.3 is 4.74 Å². The Balaban J connectivity index is 1.93. The molecule has 23 heavy (non-hydrogen) atoms. The van der Waals surface area contributed by atoms with E-state index in [0.29, 0.717) is 10.6 Å². The molecular formula is C19H19NO2S. The van der Waals surface area contributed by atoms with Gasteiger partial charge in [-0.3, -0.25) is 0 Å². The molecule has 2 aromatic rings. The molecule has 1 aromatic heterocycles. The highest BCUT2D eigenvalue weighted by Gasteiger charge is 2.07. The lowest BCUT2D eigenvalue weighted by atomic mass is 10.1. The first kappa shape index (κ1) is 17.0. The lowest BCUT2D eigenvalue weighted by Crippen LogP contribution is -2.03. The SMILES string of the molecule is CCCCC/C=C/C(=O)Oc1ccc(-c2ccsc2C#N)cc1. The molecule has 0 atom stereocenters. The normalized spacial score (nSPS) is 10.6. The van der Waals surface area contributed by atoms with Crippen LogP contribution in [-0.4, -0.2) is 5.97 Å². The molecule has 1 aromatic carbocycles. The molecule has 0 aliphatic heterocycles. The van der Waals surface area contributed by atoms with Gasteiger partial charge in [0.1, 0.15) is 16.7 Å². The maximum Gasteiger partial charge on any atom is 0.335 e. The van der Waals surface area contributed by atoms with E-state index in [4.69, 9.17) is 10.00 Å². The number of allylic oxidation sites excluding steroid dienone is 1. The maximum absolute atomic E-state index is 11.7. The molecule has 0 unspecified atom stereocenters. The highest BCUT2D eigenvalue weighted by molar-refractivity contribution is 7.11. The standard InChI is InChI=1S/C19H19NO2S/c1-2-3-4-5-6-7-19(21)22-16-10-8-15(9-11-16)17-12-13-23-18(17)14-20/h6-13H,2-5H2,1H3/b7-6+. The molecule has 4 heteroatoms. The van der Waals surface area contributed by atoms with Crippen LogP contribution in [0.4, 0.5) is 0 Å². The predicted molar refractivity (Wildman–Crippen MR) is 93.4 cm³/mol. The highest BCUT2D eigenvalue weighted by Crippen LogP contribution is 2.28. The zero-order valence-electron chi connectivity index (χ0n) is 13.1. The van der Waals surface area contributed by atoms with Crippen molar-refractivity contribution in [2.45, 2.75) is 32.6 Å². The van der Waals surface area contributed by atoms with Gasteiger partial charge >= 0.3 is 5.97 Å². The third-order valence-electron chi connectivity index (χ3n) is 3.38. The van der Waals surface area contributed by atoms with Crippen molar-refractivity contribution < 1.29 is 9.53 Å². The molecule has 0 fully saturated rings. The van der Waals surface area contributed by atoms with E-state index < -0.39 is 0 Å². The van der Waals surface area contributed by atoms with Crippen LogP contribution < -0.4 is 4.74 Å². The zero-order valence-corrected chi connectivity index (χ0v) is 13.9. The van der Waals surface area contributed by atoms with Gasteiger partial charge in [0.2, 0.25) is 0 Å². The van der Waals surface area contributed by atoms with Gasteiger partial charge in [-0.05, 0) is 42.0 Å². The molecule has 2 rings (SSSR count). The fourth-order valence-electron chi connectivity index (χ4n) is 2.17. The Bertz CT molecular complexity index is 708. The summed E-state index contributed by atoms with van der Waals surface area (Å²) in [6.07, 6.45) is 7.68. The quantitative estimate of drug-likeness (QED) is 0.299. The van der Waals surface area contributed by atoms with E-state index in [-0.39, 0.29) is 5.97 Å². The second kappa shape index (κ2) is 8.92. The lowest BCUT2D eigenvalue weighted by molar-refractivity contribution is -0.129. The number of carbonyl (C=O) groups is 1. The number of esters is 1. The van der Waals surface area contributed by atoms with Crippen molar-refractivity contribution in [1.29, 1.82) is 5.26 Å². The first-order valence-electron chi connectivity index (χ1n) is 7.71. The third kappa shape index (κ3) is 5.08. The summed E-state index contributed by atoms with van der Waals surface area (Å²) in [6.45, 7) is 2.15. The van der Waals surface area contributed by atoms with E-state index in [1.165, 1.54) is 30.3 Å². The smallest absolute Gasteiger partial charge is 0.335 e. The zero-order chi connectivity index (χ0) is 16.5. The number of ether oxygens (including phenoxy) is 1. The molecular weight excluding hydrogens is 306 g/mol. The van der Waals surface area contributed by atoms with Crippen LogP contribution in [-0.2, 0) is 4.79 Å². The van der Waals surface area contributed by atoms with Gasteiger partial charge in [0.25, 0.3) is 0 Å². The molecule has 118 valence electrons. The summed E-state index contributed by atoms with van der Waals surface area (Å²) in [5.41, 5.74) is 1.85. The second-order valence-corrected chi connectivity index (χ2v) is 6.03. The van der Waals surface area contributed by atoms with Crippen molar-refractivity contribution in [3.8, 4) is 22.9 Å². The van der Waals surface area contributed by atoms with Crippen LogP contribution in [0.2, 0.25) is 0 Å². The minimum atomic E-state index is -0.359. The molecule has 0 aliphatic carbocycles. The summed E-state index contributed by atoms with van der Waals surface area (Å²) in [4.78, 5) is 12.4. The topological polar surface area (TPSA) is 50.1 Å². The second-order valence-electron chi connectivity index (χ2n) is 5.12. The van der Waals surface area contributed by atoms with E-state index >= 15 is 0 Å². The summed E-state index contributed by atoms with van der Waals surface area (Å²) in [7, 11) is 0. The van der Waals surface area contributed by atoms with Crippen molar-refractivity contribution in [2.24, 2.45) is 0 Å². The van der Waals surface area contributed by atoms with Gasteiger partial charge in [0.05, 0.1) is 0 Å². The Hall–Kier alpha value is -2.38. The predicted octanol–water partition coefficient (Wildman–Crippen LogP) is 5.33. The first-order chi connectivity index (χ1) is 11.2. The van der Waals surface area contributed by atoms with Crippen LogP contribution in [0.5, 0.6) is 5.75 Å². The summed E-state index contributed by atoms with van der Waals surface area (Å²) >= 11 is 1.42. The van der Waals surface area contributed by atoms with Crippen LogP contribution in [0.3, 0.4) is 0 Å². The molecule has 0 amide bonds. The van der Waals surface area contributed by atoms with Crippen molar-refractivity contribution >= 4 is 17.3 Å². The van der Waals surface area contributed by atoms with E-state index in [0.717, 1.165) is 24.0 Å². The number of benzene rings is 1.